The molecule has 1 aliphatic rings. The Balaban J connectivity index is 1.51. The number of piperazine rings is 1. The Morgan fingerprint density at radius 3 is 2.44 bits per heavy atom. The summed E-state index contributed by atoms with van der Waals surface area (Å²) in [6, 6.07) is 10.4. The number of hydrogen-bond acceptors (Lipinski definition) is 5. The van der Waals surface area contributed by atoms with Gasteiger partial charge in [-0.2, -0.15) is 0 Å². The molecule has 0 aromatic heterocycles. The van der Waals surface area contributed by atoms with Gasteiger partial charge in [0.2, 0.25) is 5.91 Å². The zero-order chi connectivity index (χ0) is 19.4. The number of hydrogen-bond donors (Lipinski definition) is 1. The predicted molar refractivity (Wildman–Crippen MR) is 102 cm³/mol. The topological polar surface area (TPSA) is 78.7 Å². The third kappa shape index (κ3) is 4.93. The van der Waals surface area contributed by atoms with Gasteiger partial charge in [0.05, 0.1) is 17.2 Å². The lowest BCUT2D eigenvalue weighted by Crippen LogP contribution is -2.48. The Kier molecular flexibility index (Phi) is 5.88. The zero-order valence-electron chi connectivity index (χ0n) is 14.4. The van der Waals surface area contributed by atoms with Crippen LogP contribution in [0.2, 0.25) is 5.02 Å². The summed E-state index contributed by atoms with van der Waals surface area (Å²) in [7, 11) is 0. The molecule has 9 heteroatoms. The van der Waals surface area contributed by atoms with E-state index in [0.717, 1.165) is 5.69 Å². The highest BCUT2D eigenvalue weighted by atomic mass is 35.5. The van der Waals surface area contributed by atoms with E-state index in [-0.39, 0.29) is 23.8 Å². The molecule has 1 saturated heterocycles. The molecule has 142 valence electrons. The van der Waals surface area contributed by atoms with E-state index in [9.17, 15) is 19.3 Å². The fourth-order valence-corrected chi connectivity index (χ4v) is 3.11. The average Bonchev–Trinajstić information content (AvgIpc) is 2.65. The second-order valence-electron chi connectivity index (χ2n) is 6.21. The van der Waals surface area contributed by atoms with Crippen LogP contribution in [-0.2, 0) is 4.79 Å². The van der Waals surface area contributed by atoms with Crippen molar-refractivity contribution in [3.05, 3.63) is 63.4 Å². The Labute approximate surface area is 160 Å². The van der Waals surface area contributed by atoms with E-state index in [1.54, 1.807) is 12.1 Å². The molecule has 7 nitrogen and oxygen atoms in total. The molecule has 0 bridgehead atoms. The molecule has 0 aliphatic carbocycles. The van der Waals surface area contributed by atoms with E-state index in [1.165, 1.54) is 30.3 Å². The van der Waals surface area contributed by atoms with Crippen molar-refractivity contribution in [2.24, 2.45) is 0 Å². The molecule has 0 atom stereocenters. The number of benzene rings is 2. The van der Waals surface area contributed by atoms with Crippen LogP contribution in [-0.4, -0.2) is 48.5 Å². The van der Waals surface area contributed by atoms with Gasteiger partial charge in [-0.1, -0.05) is 11.6 Å². The van der Waals surface area contributed by atoms with Crippen LogP contribution in [0.15, 0.2) is 42.5 Å². The van der Waals surface area contributed by atoms with Gasteiger partial charge in [-0.05, 0) is 30.3 Å². The Hall–Kier alpha value is -2.71. The first-order valence-electron chi connectivity index (χ1n) is 8.39. The van der Waals surface area contributed by atoms with Gasteiger partial charge in [-0.25, -0.2) is 4.39 Å². The molecular formula is C18H18ClFN4O3. The second kappa shape index (κ2) is 8.32. The highest BCUT2D eigenvalue weighted by molar-refractivity contribution is 6.30. The number of carbonyl (C=O) groups is 1. The van der Waals surface area contributed by atoms with Crippen molar-refractivity contribution in [1.29, 1.82) is 0 Å². The third-order valence-corrected chi connectivity index (χ3v) is 4.60. The quantitative estimate of drug-likeness (QED) is 0.624. The summed E-state index contributed by atoms with van der Waals surface area (Å²) in [6.07, 6.45) is 0. The number of nitrogens with one attached hydrogen (secondary N) is 1. The minimum atomic E-state index is -0.532. The van der Waals surface area contributed by atoms with Crippen LogP contribution in [0.5, 0.6) is 0 Å². The summed E-state index contributed by atoms with van der Waals surface area (Å²) in [5.41, 5.74) is 1.03. The third-order valence-electron chi connectivity index (χ3n) is 4.37. The van der Waals surface area contributed by atoms with E-state index in [0.29, 0.717) is 31.2 Å². The fourth-order valence-electron chi connectivity index (χ4n) is 2.94. The lowest BCUT2D eigenvalue weighted by atomic mass is 10.2. The van der Waals surface area contributed by atoms with E-state index in [1.807, 2.05) is 4.90 Å². The van der Waals surface area contributed by atoms with E-state index in [4.69, 9.17) is 11.6 Å². The Morgan fingerprint density at radius 1 is 1.15 bits per heavy atom. The molecule has 0 spiro atoms. The molecule has 0 unspecified atom stereocenters. The van der Waals surface area contributed by atoms with Crippen LogP contribution in [0.1, 0.15) is 0 Å². The maximum absolute atomic E-state index is 13.7. The number of nitro groups is 1. The van der Waals surface area contributed by atoms with Crippen molar-refractivity contribution in [3.8, 4) is 0 Å². The van der Waals surface area contributed by atoms with Crippen LogP contribution < -0.4 is 10.2 Å². The first-order valence-corrected chi connectivity index (χ1v) is 8.77. The molecular weight excluding hydrogens is 375 g/mol. The average molecular weight is 393 g/mol. The number of halogens is 2. The molecule has 3 rings (SSSR count). The summed E-state index contributed by atoms with van der Waals surface area (Å²) >= 11 is 5.82. The molecule has 1 heterocycles. The van der Waals surface area contributed by atoms with Gasteiger partial charge in [0.1, 0.15) is 5.82 Å². The smallest absolute Gasteiger partial charge is 0.269 e. The summed E-state index contributed by atoms with van der Waals surface area (Å²) < 4.78 is 13.7. The van der Waals surface area contributed by atoms with Crippen molar-refractivity contribution in [2.75, 3.05) is 42.9 Å². The van der Waals surface area contributed by atoms with Crippen molar-refractivity contribution < 1.29 is 14.1 Å². The van der Waals surface area contributed by atoms with E-state index in [2.05, 4.69) is 10.2 Å². The second-order valence-corrected chi connectivity index (χ2v) is 6.65. The van der Waals surface area contributed by atoms with Gasteiger partial charge in [-0.15, -0.1) is 0 Å². The van der Waals surface area contributed by atoms with E-state index < -0.39 is 10.7 Å². The monoisotopic (exact) mass is 392 g/mol. The fraction of sp³-hybridized carbons (Fsp3) is 0.278. The van der Waals surface area contributed by atoms with Gasteiger partial charge in [0.25, 0.3) is 5.69 Å². The molecule has 1 fully saturated rings. The van der Waals surface area contributed by atoms with Crippen molar-refractivity contribution in [2.45, 2.75) is 0 Å². The molecule has 1 aliphatic heterocycles. The van der Waals surface area contributed by atoms with Crippen molar-refractivity contribution >= 4 is 34.6 Å². The maximum Gasteiger partial charge on any atom is 0.269 e. The van der Waals surface area contributed by atoms with Crippen LogP contribution in [0.25, 0.3) is 0 Å². The van der Waals surface area contributed by atoms with Crippen molar-refractivity contribution in [3.63, 3.8) is 0 Å². The normalized spacial score (nSPS) is 14.8. The molecule has 2 aromatic carbocycles. The molecule has 27 heavy (non-hydrogen) atoms. The summed E-state index contributed by atoms with van der Waals surface area (Å²) in [5.74, 6) is -0.837. The summed E-state index contributed by atoms with van der Waals surface area (Å²) in [4.78, 5) is 26.5. The maximum atomic E-state index is 13.7. The highest BCUT2D eigenvalue weighted by Gasteiger charge is 2.20. The van der Waals surface area contributed by atoms with Crippen LogP contribution >= 0.6 is 11.6 Å². The van der Waals surface area contributed by atoms with Gasteiger partial charge >= 0.3 is 0 Å². The van der Waals surface area contributed by atoms with Gasteiger partial charge in [-0.3, -0.25) is 19.8 Å². The number of nitro benzene ring substituents is 1. The summed E-state index contributed by atoms with van der Waals surface area (Å²) in [6.45, 7) is 2.85. The van der Waals surface area contributed by atoms with Gasteiger partial charge in [0.15, 0.2) is 0 Å². The number of nitrogens with zero attached hydrogens (tertiary/aromatic N) is 3. The zero-order valence-corrected chi connectivity index (χ0v) is 15.2. The van der Waals surface area contributed by atoms with Crippen LogP contribution in [0, 0.1) is 15.9 Å². The lowest BCUT2D eigenvalue weighted by Gasteiger charge is -2.35. The number of carbonyl (C=O) groups excluding carboxylic acids is 1. The number of amides is 1. The highest BCUT2D eigenvalue weighted by Crippen LogP contribution is 2.21. The number of non-ortho nitro benzene ring substituents is 1. The first-order chi connectivity index (χ1) is 12.9. The van der Waals surface area contributed by atoms with Crippen LogP contribution in [0.4, 0.5) is 21.5 Å². The van der Waals surface area contributed by atoms with Crippen LogP contribution in [0.3, 0.4) is 0 Å². The minimum absolute atomic E-state index is 0.0577. The Morgan fingerprint density at radius 2 is 1.81 bits per heavy atom. The molecule has 0 saturated carbocycles. The predicted octanol–water partition coefficient (Wildman–Crippen LogP) is 3.15. The standard InChI is InChI=1S/C18H18ClFN4O3/c19-13-1-6-16(20)17(11-13)21-18(25)12-22-7-9-23(10-8-22)14-2-4-15(5-3-14)24(26)27/h1-6,11H,7-10,12H2,(H,21,25). The number of rotatable bonds is 5. The molecule has 0 radical (unpaired) electrons. The molecule has 1 N–H and O–H groups in total. The minimum Gasteiger partial charge on any atom is -0.369 e. The van der Waals surface area contributed by atoms with E-state index >= 15 is 0 Å². The SMILES string of the molecule is O=C(CN1CCN(c2ccc([N+](=O)[O-])cc2)CC1)Nc1cc(Cl)ccc1F. The number of anilines is 2. The van der Waals surface area contributed by atoms with Gasteiger partial charge < -0.3 is 10.2 Å². The Bertz CT molecular complexity index is 839. The first kappa shape index (κ1) is 19.1. The molecule has 2 aromatic rings. The van der Waals surface area contributed by atoms with Crippen molar-refractivity contribution in [1.82, 2.24) is 4.90 Å². The summed E-state index contributed by atoms with van der Waals surface area (Å²) in [5, 5.41) is 13.6. The largest absolute Gasteiger partial charge is 0.369 e. The lowest BCUT2D eigenvalue weighted by molar-refractivity contribution is -0.384. The van der Waals surface area contributed by atoms with Gasteiger partial charge in [0, 0.05) is 49.0 Å². The molecule has 1 amide bonds.